The molecule has 2 heterocycles. The zero-order valence-corrected chi connectivity index (χ0v) is 13.3. The van der Waals surface area contributed by atoms with E-state index < -0.39 is 21.0 Å². The number of carbonyl (C=O) groups excluding carboxylic acids is 1. The third-order valence-electron chi connectivity index (χ3n) is 2.41. The van der Waals surface area contributed by atoms with Crippen LogP contribution in [0, 0.1) is 0 Å². The number of sulfonamides is 1. The van der Waals surface area contributed by atoms with Gasteiger partial charge in [0.15, 0.2) is 10.8 Å². The van der Waals surface area contributed by atoms with Crippen LogP contribution in [0.2, 0.25) is 0 Å². The maximum atomic E-state index is 11.8. The van der Waals surface area contributed by atoms with Crippen molar-refractivity contribution in [1.82, 2.24) is 14.8 Å². The van der Waals surface area contributed by atoms with Gasteiger partial charge in [-0.2, -0.15) is 5.10 Å². The first-order valence-electron chi connectivity index (χ1n) is 5.75. The first kappa shape index (κ1) is 15.6. The molecule has 0 amide bonds. The fraction of sp³-hybridized carbons (Fsp3) is 0.182. The van der Waals surface area contributed by atoms with Gasteiger partial charge in [0.25, 0.3) is 10.0 Å². The van der Waals surface area contributed by atoms with E-state index >= 15 is 0 Å². The lowest BCUT2D eigenvalue weighted by Gasteiger charge is -2.07. The minimum atomic E-state index is -4.20. The molecule has 0 saturated carbocycles. The number of aromatic nitrogens is 3. The topological polar surface area (TPSA) is 117 Å². The molecule has 0 aliphatic heterocycles. The van der Waals surface area contributed by atoms with Crippen molar-refractivity contribution in [2.75, 3.05) is 6.61 Å². The minimum Gasteiger partial charge on any atom is -0.462 e. The summed E-state index contributed by atoms with van der Waals surface area (Å²) in [5.74, 6) is -0.619. The van der Waals surface area contributed by atoms with E-state index in [1.165, 1.54) is 6.07 Å². The highest BCUT2D eigenvalue weighted by Crippen LogP contribution is 2.20. The normalized spacial score (nSPS) is 11.4. The van der Waals surface area contributed by atoms with Crippen LogP contribution < -0.4 is 5.14 Å². The second kappa shape index (κ2) is 5.92. The molecule has 2 aromatic heterocycles. The summed E-state index contributed by atoms with van der Waals surface area (Å²) in [4.78, 5) is 15.9. The number of pyridine rings is 1. The molecular weight excluding hydrogens is 364 g/mol. The Morgan fingerprint density at radius 3 is 2.76 bits per heavy atom. The van der Waals surface area contributed by atoms with Crippen molar-refractivity contribution < 1.29 is 17.9 Å². The maximum Gasteiger partial charge on any atom is 0.342 e. The van der Waals surface area contributed by atoms with E-state index in [9.17, 15) is 13.2 Å². The molecule has 21 heavy (non-hydrogen) atoms. The van der Waals surface area contributed by atoms with Crippen LogP contribution in [0.4, 0.5) is 0 Å². The summed E-state index contributed by atoms with van der Waals surface area (Å²) in [5, 5.41) is 8.58. The fourth-order valence-electron chi connectivity index (χ4n) is 1.64. The fourth-order valence-corrected chi connectivity index (χ4v) is 2.80. The van der Waals surface area contributed by atoms with Crippen LogP contribution in [0.5, 0.6) is 0 Å². The van der Waals surface area contributed by atoms with Gasteiger partial charge in [0.1, 0.15) is 10.2 Å². The number of nitrogens with zero attached hydrogens (tertiary/aromatic N) is 3. The van der Waals surface area contributed by atoms with Crippen LogP contribution in [0.3, 0.4) is 0 Å². The second-order valence-corrected chi connectivity index (χ2v) is 6.15. The lowest BCUT2D eigenvalue weighted by molar-refractivity contribution is 0.0521. The molecule has 0 aliphatic carbocycles. The number of hydrogen-bond acceptors (Lipinski definition) is 6. The van der Waals surface area contributed by atoms with E-state index in [-0.39, 0.29) is 18.0 Å². The molecule has 2 rings (SSSR count). The number of nitrogens with two attached hydrogens (primary N) is 1. The van der Waals surface area contributed by atoms with Gasteiger partial charge < -0.3 is 4.74 Å². The molecule has 0 radical (unpaired) electrons. The monoisotopic (exact) mass is 374 g/mol. The Hall–Kier alpha value is -1.78. The van der Waals surface area contributed by atoms with E-state index in [4.69, 9.17) is 9.88 Å². The van der Waals surface area contributed by atoms with Crippen LogP contribution in [0.25, 0.3) is 5.82 Å². The van der Waals surface area contributed by atoms with Crippen molar-refractivity contribution in [1.29, 1.82) is 0 Å². The molecule has 0 fully saturated rings. The van der Waals surface area contributed by atoms with E-state index in [0.29, 0.717) is 4.60 Å². The molecule has 8 nitrogen and oxygen atoms in total. The summed E-state index contributed by atoms with van der Waals surface area (Å²) in [7, 11) is -4.20. The number of hydrogen-bond donors (Lipinski definition) is 1. The van der Waals surface area contributed by atoms with E-state index in [0.717, 1.165) is 10.9 Å². The molecule has 0 spiro atoms. The lowest BCUT2D eigenvalue weighted by atomic mass is 10.4. The van der Waals surface area contributed by atoms with Crippen molar-refractivity contribution in [2.24, 2.45) is 5.14 Å². The van der Waals surface area contributed by atoms with Crippen LogP contribution in [-0.2, 0) is 14.8 Å². The molecule has 2 N–H and O–H groups in total. The number of ether oxygens (including phenoxy) is 1. The summed E-state index contributed by atoms with van der Waals surface area (Å²) in [6.45, 7) is 1.71. The molecule has 0 unspecified atom stereocenters. The Kier molecular flexibility index (Phi) is 4.40. The number of primary sulfonamides is 1. The Morgan fingerprint density at radius 1 is 1.48 bits per heavy atom. The smallest absolute Gasteiger partial charge is 0.342 e. The second-order valence-electron chi connectivity index (χ2n) is 3.86. The highest BCUT2D eigenvalue weighted by Gasteiger charge is 2.27. The largest absolute Gasteiger partial charge is 0.462 e. The van der Waals surface area contributed by atoms with Gasteiger partial charge in [-0.3, -0.25) is 0 Å². The average Bonchev–Trinajstić information content (AvgIpc) is 2.83. The van der Waals surface area contributed by atoms with Gasteiger partial charge in [0, 0.05) is 0 Å². The zero-order valence-electron chi connectivity index (χ0n) is 10.9. The number of halogens is 1. The third kappa shape index (κ3) is 3.28. The predicted octanol–water partition coefficient (Wildman–Crippen LogP) is 0.854. The Bertz CT molecular complexity index is 787. The molecule has 0 aliphatic rings. The van der Waals surface area contributed by atoms with Crippen molar-refractivity contribution in [3.8, 4) is 5.82 Å². The van der Waals surface area contributed by atoms with Crippen LogP contribution in [-0.4, -0.2) is 35.8 Å². The SMILES string of the molecule is CCOC(=O)c1cnn(-c2cccc(Br)n2)c1S(N)(=O)=O. The highest BCUT2D eigenvalue weighted by molar-refractivity contribution is 9.10. The molecule has 2 aromatic rings. The standard InChI is InChI=1S/C11H11BrN4O4S/c1-2-20-11(17)7-6-14-16(10(7)21(13,18)19)9-5-3-4-8(12)15-9/h3-6H,2H2,1H3,(H2,13,18,19). The van der Waals surface area contributed by atoms with Gasteiger partial charge in [-0.1, -0.05) is 6.07 Å². The van der Waals surface area contributed by atoms with Crippen molar-refractivity contribution >= 4 is 31.9 Å². The summed E-state index contributed by atoms with van der Waals surface area (Å²) in [5.41, 5.74) is -0.235. The first-order valence-corrected chi connectivity index (χ1v) is 8.09. The minimum absolute atomic E-state index is 0.100. The van der Waals surface area contributed by atoms with E-state index in [2.05, 4.69) is 26.0 Å². The quantitative estimate of drug-likeness (QED) is 0.626. The van der Waals surface area contributed by atoms with Gasteiger partial charge in [-0.05, 0) is 35.0 Å². The van der Waals surface area contributed by atoms with Crippen molar-refractivity contribution in [2.45, 2.75) is 11.9 Å². The Morgan fingerprint density at radius 2 is 2.19 bits per heavy atom. The van der Waals surface area contributed by atoms with Crippen LogP contribution >= 0.6 is 15.9 Å². The maximum absolute atomic E-state index is 11.8. The molecule has 0 bridgehead atoms. The van der Waals surface area contributed by atoms with E-state index in [1.54, 1.807) is 19.1 Å². The number of carbonyl (C=O) groups is 1. The zero-order chi connectivity index (χ0) is 15.6. The molecule has 0 aromatic carbocycles. The van der Waals surface area contributed by atoms with Gasteiger partial charge in [-0.25, -0.2) is 28.0 Å². The van der Waals surface area contributed by atoms with E-state index in [1.807, 2.05) is 0 Å². The van der Waals surface area contributed by atoms with Crippen molar-refractivity contribution in [3.05, 3.63) is 34.6 Å². The first-order chi connectivity index (χ1) is 9.84. The van der Waals surface area contributed by atoms with Gasteiger partial charge in [-0.15, -0.1) is 0 Å². The third-order valence-corrected chi connectivity index (χ3v) is 3.78. The molecular formula is C11H11BrN4O4S. The van der Waals surface area contributed by atoms with Gasteiger partial charge in [0.05, 0.1) is 12.8 Å². The Labute approximate surface area is 129 Å². The number of esters is 1. The van der Waals surface area contributed by atoms with Crippen LogP contribution in [0.15, 0.2) is 34.0 Å². The van der Waals surface area contributed by atoms with Gasteiger partial charge in [0.2, 0.25) is 0 Å². The lowest BCUT2D eigenvalue weighted by Crippen LogP contribution is -2.21. The van der Waals surface area contributed by atoms with Crippen LogP contribution in [0.1, 0.15) is 17.3 Å². The Balaban J connectivity index is 2.66. The molecule has 112 valence electrons. The summed E-state index contributed by atoms with van der Waals surface area (Å²) in [6.07, 6.45) is 1.08. The predicted molar refractivity (Wildman–Crippen MR) is 76.4 cm³/mol. The molecule has 10 heteroatoms. The number of rotatable bonds is 4. The highest BCUT2D eigenvalue weighted by atomic mass is 79.9. The van der Waals surface area contributed by atoms with Crippen molar-refractivity contribution in [3.63, 3.8) is 0 Å². The average molecular weight is 375 g/mol. The summed E-state index contributed by atoms with van der Waals surface area (Å²) < 4.78 is 29.8. The summed E-state index contributed by atoms with van der Waals surface area (Å²) in [6, 6.07) is 4.84. The summed E-state index contributed by atoms with van der Waals surface area (Å²) >= 11 is 3.17. The molecule has 0 atom stereocenters. The molecule has 0 saturated heterocycles. The van der Waals surface area contributed by atoms with Gasteiger partial charge >= 0.3 is 5.97 Å².